The van der Waals surface area contributed by atoms with Crippen LogP contribution in [0.2, 0.25) is 0 Å². The Morgan fingerprint density at radius 1 is 1.43 bits per heavy atom. The fraction of sp³-hybridized carbons (Fsp3) is 0.450. The van der Waals surface area contributed by atoms with Crippen LogP contribution in [0.25, 0.3) is 0 Å². The number of fused-ring (bicyclic) bond motifs is 1. The molecule has 1 aliphatic rings. The summed E-state index contributed by atoms with van der Waals surface area (Å²) in [7, 11) is 0. The van der Waals surface area contributed by atoms with Gasteiger partial charge in [-0.2, -0.15) is 0 Å². The van der Waals surface area contributed by atoms with Crippen molar-refractivity contribution in [2.75, 3.05) is 6.54 Å². The van der Waals surface area contributed by atoms with E-state index in [0.717, 1.165) is 54.6 Å². The summed E-state index contributed by atoms with van der Waals surface area (Å²) < 4.78 is 5.28. The lowest BCUT2D eigenvalue weighted by atomic mass is 10.0. The minimum absolute atomic E-state index is 0.0294. The molecule has 0 bridgehead atoms. The Morgan fingerprint density at radius 2 is 2.25 bits per heavy atom. The molecule has 0 aliphatic carbocycles. The van der Waals surface area contributed by atoms with E-state index >= 15 is 0 Å². The molecule has 0 aromatic carbocycles. The normalized spacial score (nSPS) is 15.4. The van der Waals surface area contributed by atoms with Gasteiger partial charge in [0.1, 0.15) is 11.6 Å². The number of carbonyl (C=O) groups is 1. The van der Waals surface area contributed by atoms with Crippen LogP contribution >= 0.6 is 11.3 Å². The Bertz CT molecular complexity index is 983. The van der Waals surface area contributed by atoms with E-state index in [1.807, 2.05) is 33.1 Å². The van der Waals surface area contributed by atoms with Crippen LogP contribution in [-0.4, -0.2) is 32.5 Å². The maximum absolute atomic E-state index is 12.8. The van der Waals surface area contributed by atoms with Gasteiger partial charge >= 0.3 is 0 Å². The standard InChI is InChI=1S/C20H25N5O2S/c1-11-7-21-19(22-11)13(3)23-20(26)17-10-28-18-9-25(6-5-15(17)18)8-16-12(2)24-27-14(16)4/h7,10,13H,5-6,8-9H2,1-4H3,(H,21,22)(H,23,26). The van der Waals surface area contributed by atoms with Gasteiger partial charge in [0.25, 0.3) is 5.91 Å². The van der Waals surface area contributed by atoms with Crippen LogP contribution in [0.1, 0.15) is 62.3 Å². The van der Waals surface area contributed by atoms with E-state index in [0.29, 0.717) is 0 Å². The van der Waals surface area contributed by atoms with Crippen LogP contribution in [0.15, 0.2) is 16.1 Å². The number of aryl methyl sites for hydroxylation is 3. The number of nitrogens with zero attached hydrogens (tertiary/aromatic N) is 3. The van der Waals surface area contributed by atoms with Crippen LogP contribution in [0, 0.1) is 20.8 Å². The summed E-state index contributed by atoms with van der Waals surface area (Å²) in [6.45, 7) is 10.4. The molecule has 1 aliphatic heterocycles. The number of imidazole rings is 1. The van der Waals surface area contributed by atoms with E-state index in [2.05, 4.69) is 25.3 Å². The molecule has 0 saturated carbocycles. The van der Waals surface area contributed by atoms with Crippen molar-refractivity contribution in [3.63, 3.8) is 0 Å². The summed E-state index contributed by atoms with van der Waals surface area (Å²) in [6.07, 6.45) is 2.65. The maximum atomic E-state index is 12.8. The molecule has 3 aromatic rings. The summed E-state index contributed by atoms with van der Waals surface area (Å²) in [6, 6.07) is -0.156. The highest BCUT2D eigenvalue weighted by Gasteiger charge is 2.26. The van der Waals surface area contributed by atoms with Crippen molar-refractivity contribution in [3.8, 4) is 0 Å². The van der Waals surface area contributed by atoms with Gasteiger partial charge in [0.05, 0.1) is 17.3 Å². The number of nitrogens with one attached hydrogen (secondary N) is 2. The lowest BCUT2D eigenvalue weighted by Crippen LogP contribution is -2.32. The Morgan fingerprint density at radius 3 is 2.93 bits per heavy atom. The van der Waals surface area contributed by atoms with Crippen molar-refractivity contribution >= 4 is 17.2 Å². The van der Waals surface area contributed by atoms with Gasteiger partial charge in [-0.05, 0) is 39.7 Å². The first kappa shape index (κ1) is 18.9. The van der Waals surface area contributed by atoms with E-state index in [9.17, 15) is 4.79 Å². The van der Waals surface area contributed by atoms with Crippen LogP contribution in [0.4, 0.5) is 0 Å². The van der Waals surface area contributed by atoms with Crippen LogP contribution in [0.5, 0.6) is 0 Å². The lowest BCUT2D eigenvalue weighted by Gasteiger charge is -2.27. The zero-order chi connectivity index (χ0) is 19.8. The van der Waals surface area contributed by atoms with E-state index < -0.39 is 0 Å². The minimum atomic E-state index is -0.156. The molecule has 1 atom stereocenters. The van der Waals surface area contributed by atoms with E-state index in [4.69, 9.17) is 4.52 Å². The number of thiophene rings is 1. The number of carbonyl (C=O) groups excluding carboxylic acids is 1. The number of rotatable bonds is 5. The third kappa shape index (κ3) is 3.62. The zero-order valence-corrected chi connectivity index (χ0v) is 17.4. The SMILES string of the molecule is Cc1cnc(C(C)NC(=O)c2csc3c2CCN(Cc2c(C)noc2C)C3)[nH]1. The van der Waals surface area contributed by atoms with Crippen molar-refractivity contribution in [1.29, 1.82) is 0 Å². The molecule has 4 rings (SSSR count). The van der Waals surface area contributed by atoms with Crippen molar-refractivity contribution in [2.24, 2.45) is 0 Å². The summed E-state index contributed by atoms with van der Waals surface area (Å²) in [5.41, 5.74) is 5.09. The average Bonchev–Trinajstić information content (AvgIpc) is 3.36. The molecule has 3 aromatic heterocycles. The highest BCUT2D eigenvalue weighted by molar-refractivity contribution is 7.10. The monoisotopic (exact) mass is 399 g/mol. The molecule has 4 heterocycles. The van der Waals surface area contributed by atoms with Gasteiger partial charge in [-0.15, -0.1) is 11.3 Å². The first-order valence-electron chi connectivity index (χ1n) is 9.48. The minimum Gasteiger partial charge on any atom is -0.361 e. The number of hydrogen-bond acceptors (Lipinski definition) is 6. The summed E-state index contributed by atoms with van der Waals surface area (Å²) in [5, 5.41) is 9.10. The van der Waals surface area contributed by atoms with E-state index in [-0.39, 0.29) is 11.9 Å². The third-order valence-electron chi connectivity index (χ3n) is 5.31. The molecular formula is C20H25N5O2S. The predicted octanol–water partition coefficient (Wildman–Crippen LogP) is 3.43. The Kier molecular flexibility index (Phi) is 5.07. The van der Waals surface area contributed by atoms with Crippen LogP contribution < -0.4 is 5.32 Å². The van der Waals surface area contributed by atoms with Gasteiger partial charge in [0.2, 0.25) is 0 Å². The number of aromatic amines is 1. The van der Waals surface area contributed by atoms with Gasteiger partial charge in [-0.3, -0.25) is 9.69 Å². The number of hydrogen-bond donors (Lipinski definition) is 2. The second kappa shape index (κ2) is 7.52. The molecule has 0 saturated heterocycles. The predicted molar refractivity (Wildman–Crippen MR) is 107 cm³/mol. The summed E-state index contributed by atoms with van der Waals surface area (Å²) in [4.78, 5) is 24.0. The average molecular weight is 400 g/mol. The molecule has 7 nitrogen and oxygen atoms in total. The quantitative estimate of drug-likeness (QED) is 0.686. The number of H-pyrrole nitrogens is 1. The molecule has 1 amide bonds. The molecule has 2 N–H and O–H groups in total. The molecule has 0 radical (unpaired) electrons. The third-order valence-corrected chi connectivity index (χ3v) is 6.33. The number of amides is 1. The largest absolute Gasteiger partial charge is 0.361 e. The molecule has 28 heavy (non-hydrogen) atoms. The Balaban J connectivity index is 1.44. The first-order chi connectivity index (χ1) is 13.4. The highest BCUT2D eigenvalue weighted by atomic mass is 32.1. The van der Waals surface area contributed by atoms with Gasteiger partial charge < -0.3 is 14.8 Å². The van der Waals surface area contributed by atoms with Crippen molar-refractivity contribution in [1.82, 2.24) is 25.3 Å². The van der Waals surface area contributed by atoms with Gasteiger partial charge in [0.15, 0.2) is 0 Å². The molecule has 0 fully saturated rings. The van der Waals surface area contributed by atoms with Gasteiger partial charge in [0, 0.05) is 47.3 Å². The smallest absolute Gasteiger partial charge is 0.252 e. The molecule has 1 unspecified atom stereocenters. The van der Waals surface area contributed by atoms with Crippen molar-refractivity contribution < 1.29 is 9.32 Å². The second-order valence-electron chi connectivity index (χ2n) is 7.46. The van der Waals surface area contributed by atoms with Gasteiger partial charge in [-0.25, -0.2) is 4.98 Å². The number of aromatic nitrogens is 3. The summed E-state index contributed by atoms with van der Waals surface area (Å²) in [5.74, 6) is 1.63. The Hall–Kier alpha value is -2.45. The lowest BCUT2D eigenvalue weighted by molar-refractivity contribution is 0.0937. The molecule has 148 valence electrons. The Labute approximate surface area is 168 Å². The first-order valence-corrected chi connectivity index (χ1v) is 10.4. The molecule has 8 heteroatoms. The maximum Gasteiger partial charge on any atom is 0.252 e. The molecular weight excluding hydrogens is 374 g/mol. The van der Waals surface area contributed by atoms with Crippen molar-refractivity contribution in [3.05, 3.63) is 56.1 Å². The van der Waals surface area contributed by atoms with Crippen LogP contribution in [0.3, 0.4) is 0 Å². The van der Waals surface area contributed by atoms with Crippen molar-refractivity contribution in [2.45, 2.75) is 53.2 Å². The summed E-state index contributed by atoms with van der Waals surface area (Å²) >= 11 is 1.67. The fourth-order valence-corrected chi connectivity index (χ4v) is 4.77. The second-order valence-corrected chi connectivity index (χ2v) is 8.43. The topological polar surface area (TPSA) is 87.1 Å². The zero-order valence-electron chi connectivity index (χ0n) is 16.6. The molecule has 0 spiro atoms. The fourth-order valence-electron chi connectivity index (χ4n) is 3.65. The van der Waals surface area contributed by atoms with E-state index in [1.54, 1.807) is 17.5 Å². The van der Waals surface area contributed by atoms with Gasteiger partial charge in [-0.1, -0.05) is 5.16 Å². The van der Waals surface area contributed by atoms with E-state index in [1.165, 1.54) is 16.0 Å². The highest BCUT2D eigenvalue weighted by Crippen LogP contribution is 2.30. The van der Waals surface area contributed by atoms with Crippen LogP contribution in [-0.2, 0) is 19.5 Å².